The van der Waals surface area contributed by atoms with E-state index in [9.17, 15) is 9.18 Å². The highest BCUT2D eigenvalue weighted by Crippen LogP contribution is 2.33. The number of rotatable bonds is 5. The second kappa shape index (κ2) is 9.38. The molecule has 0 radical (unpaired) electrons. The fourth-order valence-corrected chi connectivity index (χ4v) is 5.76. The topological polar surface area (TPSA) is 23.6 Å². The average molecular weight is 498 g/mol. The molecule has 0 bridgehead atoms. The van der Waals surface area contributed by atoms with Gasteiger partial charge in [0.15, 0.2) is 0 Å². The van der Waals surface area contributed by atoms with Crippen LogP contribution in [0.5, 0.6) is 0 Å². The number of halogens is 3. The smallest absolute Gasteiger partial charge is 0.286 e. The van der Waals surface area contributed by atoms with Gasteiger partial charge < -0.3 is 9.80 Å². The zero-order valence-corrected chi connectivity index (χ0v) is 19.1. The van der Waals surface area contributed by atoms with E-state index in [4.69, 9.17) is 11.6 Å². The molecule has 2 saturated heterocycles. The number of likely N-dealkylation sites (tertiary alicyclic amines) is 1. The molecule has 2 aliphatic heterocycles. The molecular formula is C22H23BrClFN2OS. The highest BCUT2D eigenvalue weighted by atomic mass is 79.9. The first-order valence-corrected chi connectivity index (χ1v) is 11.9. The van der Waals surface area contributed by atoms with Crippen LogP contribution in [0.15, 0.2) is 46.9 Å². The van der Waals surface area contributed by atoms with Crippen LogP contribution in [0.3, 0.4) is 0 Å². The average Bonchev–Trinajstić information content (AvgIpc) is 3.07. The molecule has 29 heavy (non-hydrogen) atoms. The minimum atomic E-state index is -0.172. The van der Waals surface area contributed by atoms with Gasteiger partial charge in [0.25, 0.3) is 5.24 Å². The summed E-state index contributed by atoms with van der Waals surface area (Å²) in [5, 5.41) is 1.08. The molecular weight excluding hydrogens is 475 g/mol. The van der Waals surface area contributed by atoms with Crippen LogP contribution in [0.4, 0.5) is 14.9 Å². The van der Waals surface area contributed by atoms with Crippen LogP contribution < -0.4 is 4.90 Å². The number of thioether (sulfide) groups is 1. The zero-order valence-electron chi connectivity index (χ0n) is 16.0. The van der Waals surface area contributed by atoms with Gasteiger partial charge in [0.2, 0.25) is 0 Å². The van der Waals surface area contributed by atoms with Gasteiger partial charge in [-0.1, -0.05) is 39.3 Å². The Labute approximate surface area is 188 Å². The Morgan fingerprint density at radius 3 is 2.59 bits per heavy atom. The molecule has 1 amide bonds. The lowest BCUT2D eigenvalue weighted by molar-refractivity contribution is 0.185. The molecule has 1 unspecified atom stereocenters. The van der Waals surface area contributed by atoms with Crippen LogP contribution in [0, 0.1) is 11.7 Å². The lowest BCUT2D eigenvalue weighted by Gasteiger charge is -2.33. The second-order valence-corrected chi connectivity index (χ2v) is 10.3. The first kappa shape index (κ1) is 21.2. The number of hydrogen-bond donors (Lipinski definition) is 0. The maximum absolute atomic E-state index is 13.5. The van der Waals surface area contributed by atoms with E-state index in [1.165, 1.54) is 17.8 Å². The monoisotopic (exact) mass is 496 g/mol. The van der Waals surface area contributed by atoms with Crippen molar-refractivity contribution in [1.29, 1.82) is 0 Å². The molecule has 154 valence electrons. The largest absolute Gasteiger partial charge is 0.302 e. The molecule has 0 spiro atoms. The molecule has 2 fully saturated rings. The molecule has 7 heteroatoms. The summed E-state index contributed by atoms with van der Waals surface area (Å²) in [6, 6.07) is 12.4. The summed E-state index contributed by atoms with van der Waals surface area (Å²) in [4.78, 5) is 16.7. The van der Waals surface area contributed by atoms with E-state index >= 15 is 0 Å². The SMILES string of the molecule is O=C1SC(CN2CCC(Cc3cc(F)ccc3Br)CC2)CN1c1ccc(Cl)cc1. The lowest BCUT2D eigenvalue weighted by Crippen LogP contribution is -2.39. The second-order valence-electron chi connectivity index (χ2n) is 7.78. The predicted molar refractivity (Wildman–Crippen MR) is 123 cm³/mol. The van der Waals surface area contributed by atoms with Crippen molar-refractivity contribution in [2.75, 3.05) is 31.1 Å². The number of nitrogens with zero attached hydrogens (tertiary/aromatic N) is 2. The van der Waals surface area contributed by atoms with Crippen molar-refractivity contribution in [3.05, 3.63) is 63.3 Å². The third-order valence-electron chi connectivity index (χ3n) is 5.70. The van der Waals surface area contributed by atoms with Crippen molar-refractivity contribution < 1.29 is 9.18 Å². The van der Waals surface area contributed by atoms with Crippen molar-refractivity contribution in [1.82, 2.24) is 4.90 Å². The van der Waals surface area contributed by atoms with Crippen molar-refractivity contribution in [2.24, 2.45) is 5.92 Å². The highest BCUT2D eigenvalue weighted by molar-refractivity contribution is 9.10. The first-order chi connectivity index (χ1) is 14.0. The summed E-state index contributed by atoms with van der Waals surface area (Å²) in [7, 11) is 0. The number of carbonyl (C=O) groups is 1. The summed E-state index contributed by atoms with van der Waals surface area (Å²) in [5.41, 5.74) is 1.97. The molecule has 3 nitrogen and oxygen atoms in total. The maximum atomic E-state index is 13.5. The predicted octanol–water partition coefficient (Wildman–Crippen LogP) is 6.24. The number of hydrogen-bond acceptors (Lipinski definition) is 3. The van der Waals surface area contributed by atoms with E-state index < -0.39 is 0 Å². The fourth-order valence-electron chi connectivity index (χ4n) is 4.12. The van der Waals surface area contributed by atoms with Gasteiger partial charge in [0.05, 0.1) is 0 Å². The van der Waals surface area contributed by atoms with E-state index in [0.717, 1.165) is 61.2 Å². The molecule has 4 rings (SSSR count). The summed E-state index contributed by atoms with van der Waals surface area (Å²) < 4.78 is 14.5. The quantitative estimate of drug-likeness (QED) is 0.489. The highest BCUT2D eigenvalue weighted by Gasteiger charge is 2.33. The summed E-state index contributed by atoms with van der Waals surface area (Å²) >= 11 is 10.9. The Morgan fingerprint density at radius 1 is 1.14 bits per heavy atom. The number of anilines is 1. The Morgan fingerprint density at radius 2 is 1.86 bits per heavy atom. The first-order valence-electron chi connectivity index (χ1n) is 9.88. The molecule has 2 aromatic carbocycles. The van der Waals surface area contributed by atoms with E-state index in [1.807, 2.05) is 29.2 Å². The third kappa shape index (κ3) is 5.35. The van der Waals surface area contributed by atoms with Crippen LogP contribution in [-0.2, 0) is 6.42 Å². The van der Waals surface area contributed by atoms with Crippen molar-refractivity contribution in [3.63, 3.8) is 0 Å². The molecule has 0 aliphatic carbocycles. The fraction of sp³-hybridized carbons (Fsp3) is 0.409. The van der Waals surface area contributed by atoms with Crippen LogP contribution in [0.1, 0.15) is 18.4 Å². The zero-order chi connectivity index (χ0) is 20.4. The number of amides is 1. The van der Waals surface area contributed by atoms with Gasteiger partial charge in [-0.05, 0) is 86.3 Å². The molecule has 1 atom stereocenters. The number of piperidine rings is 1. The minimum absolute atomic E-state index is 0.114. The Balaban J connectivity index is 1.27. The van der Waals surface area contributed by atoms with Crippen LogP contribution in [-0.4, -0.2) is 41.6 Å². The van der Waals surface area contributed by atoms with Crippen LogP contribution in [0.2, 0.25) is 5.02 Å². The lowest BCUT2D eigenvalue weighted by atomic mass is 9.90. The van der Waals surface area contributed by atoms with Crippen LogP contribution >= 0.6 is 39.3 Å². The third-order valence-corrected chi connectivity index (χ3v) is 7.78. The van der Waals surface area contributed by atoms with Gasteiger partial charge in [-0.25, -0.2) is 4.39 Å². The van der Waals surface area contributed by atoms with Crippen molar-refractivity contribution in [2.45, 2.75) is 24.5 Å². The van der Waals surface area contributed by atoms with Gasteiger partial charge in [-0.3, -0.25) is 4.79 Å². The molecule has 2 heterocycles. The Kier molecular flexibility index (Phi) is 6.84. The van der Waals surface area contributed by atoms with Crippen molar-refractivity contribution in [3.8, 4) is 0 Å². The van der Waals surface area contributed by atoms with E-state index in [1.54, 1.807) is 12.1 Å². The van der Waals surface area contributed by atoms with E-state index in [-0.39, 0.29) is 16.3 Å². The number of benzene rings is 2. The van der Waals surface area contributed by atoms with Gasteiger partial charge in [-0.2, -0.15) is 0 Å². The van der Waals surface area contributed by atoms with E-state index in [2.05, 4.69) is 20.8 Å². The normalized spacial score (nSPS) is 21.1. The summed E-state index contributed by atoms with van der Waals surface area (Å²) in [6.07, 6.45) is 3.12. The minimum Gasteiger partial charge on any atom is -0.302 e. The van der Waals surface area contributed by atoms with Crippen LogP contribution in [0.25, 0.3) is 0 Å². The Hall–Kier alpha value is -1.08. The standard InChI is InChI=1S/C22H23BrClFN2OS/c23-21-6-3-18(25)12-16(21)11-15-7-9-26(10-8-15)13-20-14-27(22(28)29-20)19-4-1-17(24)2-5-19/h1-6,12,15,20H,7-11,13-14H2. The molecule has 0 aromatic heterocycles. The van der Waals surface area contributed by atoms with Gasteiger partial charge in [-0.15, -0.1) is 0 Å². The van der Waals surface area contributed by atoms with E-state index in [0.29, 0.717) is 10.9 Å². The Bertz CT molecular complexity index is 874. The van der Waals surface area contributed by atoms with Crippen molar-refractivity contribution >= 4 is 50.2 Å². The molecule has 0 saturated carbocycles. The van der Waals surface area contributed by atoms with Gasteiger partial charge in [0, 0.05) is 33.5 Å². The summed E-state index contributed by atoms with van der Waals surface area (Å²) in [6.45, 7) is 3.73. The maximum Gasteiger partial charge on any atom is 0.286 e. The molecule has 2 aromatic rings. The molecule has 2 aliphatic rings. The van der Waals surface area contributed by atoms with Gasteiger partial charge >= 0.3 is 0 Å². The van der Waals surface area contributed by atoms with Gasteiger partial charge in [0.1, 0.15) is 5.82 Å². The summed E-state index contributed by atoms with van der Waals surface area (Å²) in [5.74, 6) is 0.404. The number of carbonyl (C=O) groups excluding carboxylic acids is 1. The molecule has 0 N–H and O–H groups in total.